The monoisotopic (exact) mass is 370 g/mol. The molecule has 4 unspecified atom stereocenters. The van der Waals surface area contributed by atoms with Crippen molar-refractivity contribution in [1.82, 2.24) is 4.90 Å². The van der Waals surface area contributed by atoms with Crippen LogP contribution in [-0.2, 0) is 11.0 Å². The normalized spacial score (nSPS) is 31.6. The largest absolute Gasteiger partial charge is 0.491 e. The second-order valence-corrected chi connectivity index (χ2v) is 8.07. The van der Waals surface area contributed by atoms with Crippen LogP contribution in [-0.4, -0.2) is 35.0 Å². The minimum Gasteiger partial charge on any atom is -0.491 e. The molecule has 2 fully saturated rings. The molecule has 1 aromatic carbocycles. The number of halogens is 3. The van der Waals surface area contributed by atoms with Gasteiger partial charge in [-0.2, -0.15) is 13.2 Å². The Bertz CT molecular complexity index is 688. The molecular weight excluding hydrogens is 345 g/mol. The van der Waals surface area contributed by atoms with Crippen molar-refractivity contribution in [1.29, 1.82) is 0 Å². The lowest BCUT2D eigenvalue weighted by molar-refractivity contribution is -0.139. The molecule has 1 saturated heterocycles. The van der Waals surface area contributed by atoms with Crippen molar-refractivity contribution < 1.29 is 22.7 Å². The van der Waals surface area contributed by atoms with Crippen LogP contribution in [0.5, 0.6) is 5.75 Å². The predicted octanol–water partition coefficient (Wildman–Crippen LogP) is 3.30. The van der Waals surface area contributed by atoms with Crippen LogP contribution in [0.3, 0.4) is 0 Å². The summed E-state index contributed by atoms with van der Waals surface area (Å²) in [7, 11) is 0. The number of nitrogens with zero attached hydrogens (tertiary/aromatic N) is 1. The Morgan fingerprint density at radius 2 is 1.69 bits per heavy atom. The zero-order valence-corrected chi connectivity index (χ0v) is 15.4. The summed E-state index contributed by atoms with van der Waals surface area (Å²) in [5, 5.41) is 0. The zero-order chi connectivity index (χ0) is 19.4. The van der Waals surface area contributed by atoms with Gasteiger partial charge in [0.05, 0.1) is 5.56 Å². The number of hydrogen-bond acceptors (Lipinski definition) is 3. The molecule has 1 aliphatic carbocycles. The van der Waals surface area contributed by atoms with Gasteiger partial charge in [-0.1, -0.05) is 12.1 Å². The molecule has 0 aromatic heterocycles. The molecule has 26 heavy (non-hydrogen) atoms. The zero-order valence-electron chi connectivity index (χ0n) is 15.4. The maximum atomic E-state index is 13.1. The van der Waals surface area contributed by atoms with E-state index in [1.54, 1.807) is 0 Å². The molecule has 1 heterocycles. The Morgan fingerprint density at radius 1 is 1.15 bits per heavy atom. The first-order valence-corrected chi connectivity index (χ1v) is 8.83. The molecule has 7 heteroatoms. The smallest absolute Gasteiger partial charge is 0.419 e. The van der Waals surface area contributed by atoms with Crippen LogP contribution in [0, 0.1) is 17.8 Å². The number of piperidine rings is 1. The van der Waals surface area contributed by atoms with E-state index in [-0.39, 0.29) is 48.1 Å². The molecule has 4 atom stereocenters. The van der Waals surface area contributed by atoms with Crippen LogP contribution in [0.25, 0.3) is 0 Å². The lowest BCUT2D eigenvalue weighted by atomic mass is 9.97. The van der Waals surface area contributed by atoms with Gasteiger partial charge in [0.15, 0.2) is 0 Å². The second-order valence-electron chi connectivity index (χ2n) is 8.07. The van der Waals surface area contributed by atoms with Crippen molar-refractivity contribution in [3.63, 3.8) is 0 Å². The van der Waals surface area contributed by atoms with Gasteiger partial charge in [0.2, 0.25) is 5.91 Å². The number of para-hydroxylation sites is 1. The predicted molar refractivity (Wildman–Crippen MR) is 91.4 cm³/mol. The van der Waals surface area contributed by atoms with Gasteiger partial charge in [-0.3, -0.25) is 9.69 Å². The number of carbonyl (C=O) groups excluding carboxylic acids is 1. The number of alkyl halides is 3. The van der Waals surface area contributed by atoms with Crippen molar-refractivity contribution >= 4 is 5.91 Å². The van der Waals surface area contributed by atoms with Crippen molar-refractivity contribution in [3.8, 4) is 5.75 Å². The first-order valence-electron chi connectivity index (χ1n) is 8.83. The molecule has 0 bridgehead atoms. The van der Waals surface area contributed by atoms with Crippen LogP contribution in [0.15, 0.2) is 24.3 Å². The van der Waals surface area contributed by atoms with Gasteiger partial charge in [-0.15, -0.1) is 0 Å². The third-order valence-electron chi connectivity index (χ3n) is 5.93. The Balaban J connectivity index is 1.73. The fraction of sp³-hybridized carbons (Fsp3) is 0.632. The van der Waals surface area contributed by atoms with E-state index < -0.39 is 17.3 Å². The third kappa shape index (κ3) is 3.06. The average molecular weight is 370 g/mol. The van der Waals surface area contributed by atoms with E-state index in [9.17, 15) is 18.0 Å². The standard InChI is InChI=1S/C19H25F3N2O2/c1-10-14-15(16(14)17(23)25)11(2)24(10)18(3,4)9-26-13-8-6-5-7-12(13)19(20,21)22/h5-8,10-11,14-16H,9H2,1-4H3,(H2,23,25). The quantitative estimate of drug-likeness (QED) is 0.865. The fourth-order valence-corrected chi connectivity index (χ4v) is 4.98. The van der Waals surface area contributed by atoms with Gasteiger partial charge in [0.25, 0.3) is 0 Å². The molecule has 2 aliphatic rings. The van der Waals surface area contributed by atoms with E-state index in [2.05, 4.69) is 18.7 Å². The molecule has 2 N–H and O–H groups in total. The molecule has 0 radical (unpaired) electrons. The highest BCUT2D eigenvalue weighted by Gasteiger charge is 2.67. The molecule has 1 aliphatic heterocycles. The molecule has 1 amide bonds. The molecule has 4 nitrogen and oxygen atoms in total. The molecule has 0 spiro atoms. The van der Waals surface area contributed by atoms with E-state index in [0.29, 0.717) is 0 Å². The molecule has 1 aromatic rings. The minimum absolute atomic E-state index is 0.0843. The highest BCUT2D eigenvalue weighted by atomic mass is 19.4. The van der Waals surface area contributed by atoms with E-state index >= 15 is 0 Å². The van der Waals surface area contributed by atoms with Crippen molar-refractivity contribution in [2.24, 2.45) is 23.5 Å². The Labute approximate surface area is 151 Å². The van der Waals surface area contributed by atoms with Gasteiger partial charge in [-0.25, -0.2) is 0 Å². The van der Waals surface area contributed by atoms with Gasteiger partial charge in [0.1, 0.15) is 12.4 Å². The number of primary amides is 1. The highest BCUT2D eigenvalue weighted by molar-refractivity contribution is 5.81. The third-order valence-corrected chi connectivity index (χ3v) is 5.93. The highest BCUT2D eigenvalue weighted by Crippen LogP contribution is 2.60. The summed E-state index contributed by atoms with van der Waals surface area (Å²) >= 11 is 0. The van der Waals surface area contributed by atoms with Crippen LogP contribution in [0.1, 0.15) is 33.3 Å². The minimum atomic E-state index is -4.45. The summed E-state index contributed by atoms with van der Waals surface area (Å²) in [6, 6.07) is 5.51. The lowest BCUT2D eigenvalue weighted by Gasteiger charge is -2.43. The van der Waals surface area contributed by atoms with E-state index in [4.69, 9.17) is 10.5 Å². The van der Waals surface area contributed by atoms with Crippen LogP contribution in [0.2, 0.25) is 0 Å². The topological polar surface area (TPSA) is 55.6 Å². The number of fused-ring (bicyclic) bond motifs is 1. The number of amides is 1. The van der Waals surface area contributed by atoms with Crippen molar-refractivity contribution in [2.75, 3.05) is 6.61 Å². The van der Waals surface area contributed by atoms with Gasteiger partial charge in [0, 0.05) is 23.5 Å². The SMILES string of the molecule is CC1C2C(C(N)=O)C2C(C)N1C(C)(C)COc1ccccc1C(F)(F)F. The first-order chi connectivity index (χ1) is 12.0. The number of benzene rings is 1. The fourth-order valence-electron chi connectivity index (χ4n) is 4.98. The van der Waals surface area contributed by atoms with Gasteiger partial charge < -0.3 is 10.5 Å². The number of carbonyl (C=O) groups is 1. The van der Waals surface area contributed by atoms with Crippen molar-refractivity contribution in [3.05, 3.63) is 29.8 Å². The maximum Gasteiger partial charge on any atom is 0.419 e. The summed E-state index contributed by atoms with van der Waals surface area (Å²) in [5.41, 5.74) is 4.22. The number of rotatable bonds is 5. The van der Waals surface area contributed by atoms with E-state index in [0.717, 1.165) is 6.07 Å². The lowest BCUT2D eigenvalue weighted by Crippen LogP contribution is -2.55. The number of likely N-dealkylation sites (tertiary alicyclic amines) is 1. The summed E-state index contributed by atoms with van der Waals surface area (Å²) in [6.07, 6.45) is -4.45. The van der Waals surface area contributed by atoms with E-state index in [1.807, 2.05) is 13.8 Å². The van der Waals surface area contributed by atoms with Crippen LogP contribution < -0.4 is 10.5 Å². The summed E-state index contributed by atoms with van der Waals surface area (Å²) < 4.78 is 45.0. The maximum absolute atomic E-state index is 13.1. The Hall–Kier alpha value is -1.76. The average Bonchev–Trinajstić information content (AvgIpc) is 3.22. The summed E-state index contributed by atoms with van der Waals surface area (Å²) in [5.74, 6) is -0.0494. The molecular formula is C19H25F3N2O2. The van der Waals surface area contributed by atoms with E-state index in [1.165, 1.54) is 18.2 Å². The number of ether oxygens (including phenoxy) is 1. The number of hydrogen-bond donors (Lipinski definition) is 1. The van der Waals surface area contributed by atoms with Crippen molar-refractivity contribution in [2.45, 2.75) is 51.5 Å². The molecule has 3 rings (SSSR count). The second kappa shape index (κ2) is 6.15. The van der Waals surface area contributed by atoms with Gasteiger partial charge >= 0.3 is 6.18 Å². The first kappa shape index (κ1) is 19.0. The van der Waals surface area contributed by atoms with Crippen LogP contribution >= 0.6 is 0 Å². The summed E-state index contributed by atoms with van der Waals surface area (Å²) in [4.78, 5) is 13.8. The number of nitrogens with two attached hydrogens (primary N) is 1. The Kier molecular flexibility index (Phi) is 4.50. The Morgan fingerprint density at radius 3 is 2.19 bits per heavy atom. The molecule has 1 saturated carbocycles. The van der Waals surface area contributed by atoms with Crippen LogP contribution in [0.4, 0.5) is 13.2 Å². The summed E-state index contributed by atoms with van der Waals surface area (Å²) in [6.45, 7) is 8.14. The van der Waals surface area contributed by atoms with Gasteiger partial charge in [-0.05, 0) is 51.7 Å². The molecule has 144 valence electrons.